The van der Waals surface area contributed by atoms with Gasteiger partial charge in [0.1, 0.15) is 0 Å². The Morgan fingerprint density at radius 1 is 1.12 bits per heavy atom. The van der Waals surface area contributed by atoms with E-state index in [-0.39, 0.29) is 5.60 Å². The Labute approximate surface area is 100 Å². The molecule has 1 aliphatic carbocycles. The van der Waals surface area contributed by atoms with Crippen molar-refractivity contribution in [1.82, 2.24) is 5.32 Å². The Morgan fingerprint density at radius 3 is 2.38 bits per heavy atom. The van der Waals surface area contributed by atoms with Crippen molar-refractivity contribution in [3.63, 3.8) is 0 Å². The van der Waals surface area contributed by atoms with E-state index in [9.17, 15) is 0 Å². The first-order valence-corrected chi connectivity index (χ1v) is 6.78. The first kappa shape index (κ1) is 12.4. The number of ether oxygens (including phenoxy) is 1. The molecule has 1 saturated carbocycles. The second-order valence-corrected chi connectivity index (χ2v) is 7.05. The number of hydrogen-bond donors (Lipinski definition) is 1. The molecule has 1 N–H and O–H groups in total. The maximum Gasteiger partial charge on any atom is 0.0707 e. The van der Waals surface area contributed by atoms with Gasteiger partial charge in [-0.1, -0.05) is 13.8 Å². The van der Waals surface area contributed by atoms with Crippen molar-refractivity contribution in [3.8, 4) is 0 Å². The molecule has 2 atom stereocenters. The molecule has 0 spiro atoms. The average molecular weight is 225 g/mol. The summed E-state index contributed by atoms with van der Waals surface area (Å²) in [7, 11) is 0. The molecular formula is C14H27NO. The largest absolute Gasteiger partial charge is 0.371 e. The first-order valence-electron chi connectivity index (χ1n) is 6.78. The quantitative estimate of drug-likeness (QED) is 0.797. The minimum Gasteiger partial charge on any atom is -0.371 e. The SMILES string of the molecule is CC1(C)CCC(NCC2CCC(C)(C)O2)C1. The van der Waals surface area contributed by atoms with Crippen molar-refractivity contribution < 1.29 is 4.74 Å². The minimum atomic E-state index is 0.112. The molecule has 0 amide bonds. The van der Waals surface area contributed by atoms with Gasteiger partial charge in [-0.05, 0) is 51.4 Å². The summed E-state index contributed by atoms with van der Waals surface area (Å²) in [6.45, 7) is 10.2. The van der Waals surface area contributed by atoms with Crippen LogP contribution in [0.4, 0.5) is 0 Å². The van der Waals surface area contributed by atoms with Crippen LogP contribution in [-0.2, 0) is 4.74 Å². The lowest BCUT2D eigenvalue weighted by Crippen LogP contribution is -2.35. The van der Waals surface area contributed by atoms with Gasteiger partial charge in [-0.2, -0.15) is 0 Å². The minimum absolute atomic E-state index is 0.112. The van der Waals surface area contributed by atoms with Crippen LogP contribution in [0.3, 0.4) is 0 Å². The van der Waals surface area contributed by atoms with Gasteiger partial charge in [0.2, 0.25) is 0 Å². The van der Waals surface area contributed by atoms with E-state index in [1.807, 2.05) is 0 Å². The van der Waals surface area contributed by atoms with Crippen LogP contribution in [0.1, 0.15) is 59.8 Å². The molecular weight excluding hydrogens is 198 g/mol. The van der Waals surface area contributed by atoms with Crippen LogP contribution in [0.15, 0.2) is 0 Å². The molecule has 2 heteroatoms. The van der Waals surface area contributed by atoms with Crippen molar-refractivity contribution in [1.29, 1.82) is 0 Å². The average Bonchev–Trinajstić information content (AvgIpc) is 2.66. The predicted octanol–water partition coefficient (Wildman–Crippen LogP) is 3.11. The molecule has 0 aromatic carbocycles. The van der Waals surface area contributed by atoms with Crippen LogP contribution in [0.25, 0.3) is 0 Å². The zero-order chi connectivity index (χ0) is 11.8. The van der Waals surface area contributed by atoms with E-state index in [4.69, 9.17) is 4.74 Å². The van der Waals surface area contributed by atoms with Crippen LogP contribution >= 0.6 is 0 Å². The maximum absolute atomic E-state index is 6.00. The highest BCUT2D eigenvalue weighted by atomic mass is 16.5. The summed E-state index contributed by atoms with van der Waals surface area (Å²) in [5, 5.41) is 3.69. The van der Waals surface area contributed by atoms with Gasteiger partial charge < -0.3 is 10.1 Å². The molecule has 16 heavy (non-hydrogen) atoms. The van der Waals surface area contributed by atoms with Gasteiger partial charge in [0, 0.05) is 12.6 Å². The molecule has 94 valence electrons. The highest BCUT2D eigenvalue weighted by Crippen LogP contribution is 2.37. The Hall–Kier alpha value is -0.0800. The van der Waals surface area contributed by atoms with E-state index < -0.39 is 0 Å². The molecule has 2 aliphatic rings. The van der Waals surface area contributed by atoms with E-state index in [2.05, 4.69) is 33.0 Å². The topological polar surface area (TPSA) is 21.3 Å². The zero-order valence-corrected chi connectivity index (χ0v) is 11.3. The van der Waals surface area contributed by atoms with Crippen molar-refractivity contribution >= 4 is 0 Å². The monoisotopic (exact) mass is 225 g/mol. The van der Waals surface area contributed by atoms with Gasteiger partial charge in [-0.25, -0.2) is 0 Å². The lowest BCUT2D eigenvalue weighted by molar-refractivity contribution is -0.0151. The molecule has 2 unspecified atom stereocenters. The fraction of sp³-hybridized carbons (Fsp3) is 1.00. The highest BCUT2D eigenvalue weighted by Gasteiger charge is 2.34. The van der Waals surface area contributed by atoms with Crippen LogP contribution in [0, 0.1) is 5.41 Å². The summed E-state index contributed by atoms with van der Waals surface area (Å²) in [5.74, 6) is 0. The van der Waals surface area contributed by atoms with Crippen LogP contribution in [0.5, 0.6) is 0 Å². The second-order valence-electron chi connectivity index (χ2n) is 7.05. The van der Waals surface area contributed by atoms with Crippen molar-refractivity contribution in [2.75, 3.05) is 6.54 Å². The second kappa shape index (κ2) is 4.30. The highest BCUT2D eigenvalue weighted by molar-refractivity contribution is 4.88. The van der Waals surface area contributed by atoms with Gasteiger partial charge in [0.15, 0.2) is 0 Å². The normalized spacial score (nSPS) is 36.8. The fourth-order valence-electron chi connectivity index (χ4n) is 3.13. The molecule has 0 radical (unpaired) electrons. The van der Waals surface area contributed by atoms with Crippen LogP contribution in [0.2, 0.25) is 0 Å². The van der Waals surface area contributed by atoms with E-state index >= 15 is 0 Å². The van der Waals surface area contributed by atoms with Gasteiger partial charge in [0.05, 0.1) is 11.7 Å². The summed E-state index contributed by atoms with van der Waals surface area (Å²) in [5.41, 5.74) is 0.661. The molecule has 2 nitrogen and oxygen atoms in total. The molecule has 1 aliphatic heterocycles. The van der Waals surface area contributed by atoms with E-state index in [0.29, 0.717) is 11.5 Å². The van der Waals surface area contributed by atoms with Crippen molar-refractivity contribution in [2.24, 2.45) is 5.41 Å². The molecule has 0 bridgehead atoms. The third kappa shape index (κ3) is 3.21. The summed E-state index contributed by atoms with van der Waals surface area (Å²) >= 11 is 0. The van der Waals surface area contributed by atoms with Crippen molar-refractivity contribution in [3.05, 3.63) is 0 Å². The Morgan fingerprint density at radius 2 is 1.88 bits per heavy atom. The third-order valence-corrected chi connectivity index (χ3v) is 4.16. The molecule has 2 rings (SSSR count). The Balaban J connectivity index is 1.69. The van der Waals surface area contributed by atoms with Gasteiger partial charge in [-0.15, -0.1) is 0 Å². The standard InChI is InChI=1S/C14H27NO/c1-13(2)7-5-11(9-13)15-10-12-6-8-14(3,4)16-12/h11-12,15H,5-10H2,1-4H3. The van der Waals surface area contributed by atoms with E-state index in [1.165, 1.54) is 32.1 Å². The number of rotatable bonds is 3. The van der Waals surface area contributed by atoms with Gasteiger partial charge in [-0.3, -0.25) is 0 Å². The van der Waals surface area contributed by atoms with Gasteiger partial charge in [0.25, 0.3) is 0 Å². The van der Waals surface area contributed by atoms with Crippen LogP contribution < -0.4 is 5.32 Å². The molecule has 0 aromatic heterocycles. The lowest BCUT2D eigenvalue weighted by Gasteiger charge is -2.22. The first-order chi connectivity index (χ1) is 7.36. The summed E-state index contributed by atoms with van der Waals surface area (Å²) in [6, 6.07) is 0.724. The van der Waals surface area contributed by atoms with E-state index in [0.717, 1.165) is 12.6 Å². The third-order valence-electron chi connectivity index (χ3n) is 4.16. The van der Waals surface area contributed by atoms with E-state index in [1.54, 1.807) is 0 Å². The van der Waals surface area contributed by atoms with Crippen LogP contribution in [-0.4, -0.2) is 24.3 Å². The van der Waals surface area contributed by atoms with Gasteiger partial charge >= 0.3 is 0 Å². The summed E-state index contributed by atoms with van der Waals surface area (Å²) < 4.78 is 6.00. The number of nitrogens with one attached hydrogen (secondary N) is 1. The Bertz CT molecular complexity index is 221. The predicted molar refractivity (Wildman–Crippen MR) is 67.6 cm³/mol. The zero-order valence-electron chi connectivity index (χ0n) is 11.3. The molecule has 0 aromatic rings. The molecule has 1 heterocycles. The molecule has 2 fully saturated rings. The number of hydrogen-bond acceptors (Lipinski definition) is 2. The lowest BCUT2D eigenvalue weighted by atomic mass is 9.92. The maximum atomic E-state index is 6.00. The molecule has 1 saturated heterocycles. The fourth-order valence-corrected chi connectivity index (χ4v) is 3.13. The summed E-state index contributed by atoms with van der Waals surface area (Å²) in [6.07, 6.45) is 6.89. The Kier molecular flexibility index (Phi) is 3.33. The summed E-state index contributed by atoms with van der Waals surface area (Å²) in [4.78, 5) is 0. The van der Waals surface area contributed by atoms with Crippen molar-refractivity contribution in [2.45, 2.75) is 77.5 Å². The smallest absolute Gasteiger partial charge is 0.0707 e.